The van der Waals surface area contributed by atoms with Crippen molar-refractivity contribution in [1.82, 2.24) is 15.1 Å². The lowest BCUT2D eigenvalue weighted by atomic mass is 10.3. The smallest absolute Gasteiger partial charge is 0.275 e. The lowest BCUT2D eigenvalue weighted by molar-refractivity contribution is 0.454. The van der Waals surface area contributed by atoms with Gasteiger partial charge in [-0.05, 0) is 25.2 Å². The molecule has 18 heavy (non-hydrogen) atoms. The van der Waals surface area contributed by atoms with E-state index in [0.29, 0.717) is 22.9 Å². The molecule has 0 spiro atoms. The van der Waals surface area contributed by atoms with Crippen LogP contribution in [0.25, 0.3) is 5.69 Å². The summed E-state index contributed by atoms with van der Waals surface area (Å²) in [4.78, 5) is 11.8. The Morgan fingerprint density at radius 1 is 1.44 bits per heavy atom. The van der Waals surface area contributed by atoms with E-state index in [1.807, 2.05) is 0 Å². The summed E-state index contributed by atoms with van der Waals surface area (Å²) in [6.45, 7) is 0.368. The average molecular weight is 266 g/mol. The third kappa shape index (κ3) is 2.52. The average Bonchev–Trinajstić information content (AvgIpc) is 2.33. The zero-order valence-corrected chi connectivity index (χ0v) is 10.5. The van der Waals surface area contributed by atoms with E-state index in [9.17, 15) is 9.90 Å². The largest absolute Gasteiger partial charge is 0.506 e. The van der Waals surface area contributed by atoms with Crippen molar-refractivity contribution >= 4 is 11.6 Å². The first-order chi connectivity index (χ1) is 8.61. The van der Waals surface area contributed by atoms with Crippen LogP contribution < -0.4 is 10.9 Å². The van der Waals surface area contributed by atoms with Gasteiger partial charge in [-0.15, -0.1) is 0 Å². The predicted octanol–water partition coefficient (Wildman–Crippen LogP) is 1.31. The van der Waals surface area contributed by atoms with Crippen LogP contribution in [0.2, 0.25) is 5.02 Å². The minimum Gasteiger partial charge on any atom is -0.506 e. The van der Waals surface area contributed by atoms with Crippen molar-refractivity contribution in [3.63, 3.8) is 0 Å². The molecule has 6 heteroatoms. The van der Waals surface area contributed by atoms with Gasteiger partial charge in [0.2, 0.25) is 0 Å². The molecule has 0 amide bonds. The van der Waals surface area contributed by atoms with E-state index in [-0.39, 0.29) is 5.75 Å². The summed E-state index contributed by atoms with van der Waals surface area (Å²) in [6, 6.07) is 7.94. The number of hydrogen-bond acceptors (Lipinski definition) is 4. The fraction of sp³-hybridized carbons (Fsp3) is 0.167. The van der Waals surface area contributed by atoms with Gasteiger partial charge in [-0.1, -0.05) is 17.7 Å². The van der Waals surface area contributed by atoms with Crippen LogP contribution in [-0.2, 0) is 6.54 Å². The highest BCUT2D eigenvalue weighted by Gasteiger charge is 2.08. The van der Waals surface area contributed by atoms with Crippen LogP contribution in [0.5, 0.6) is 5.75 Å². The molecule has 0 atom stereocenters. The van der Waals surface area contributed by atoms with E-state index in [2.05, 4.69) is 10.4 Å². The molecule has 2 rings (SSSR count). The molecule has 0 bridgehead atoms. The molecule has 0 saturated heterocycles. The summed E-state index contributed by atoms with van der Waals surface area (Å²) in [5.41, 5.74) is 0.552. The maximum Gasteiger partial charge on any atom is 0.275 e. The fourth-order valence-corrected chi connectivity index (χ4v) is 1.75. The maximum absolute atomic E-state index is 11.8. The van der Waals surface area contributed by atoms with E-state index in [0.717, 1.165) is 6.07 Å². The number of nitrogens with zero attached hydrogens (tertiary/aromatic N) is 2. The Hall–Kier alpha value is -1.85. The molecule has 0 aliphatic heterocycles. The Morgan fingerprint density at radius 2 is 2.22 bits per heavy atom. The summed E-state index contributed by atoms with van der Waals surface area (Å²) in [5, 5.41) is 17.1. The van der Waals surface area contributed by atoms with Crippen molar-refractivity contribution in [2.75, 3.05) is 7.05 Å². The quantitative estimate of drug-likeness (QED) is 0.878. The molecule has 1 aromatic heterocycles. The standard InChI is InChI=1S/C12H12ClN3O2/c1-14-7-10-11(17)6-12(18)16(15-10)9-4-2-3-8(13)5-9/h2-6,14,17H,7H2,1H3. The second kappa shape index (κ2) is 5.20. The molecule has 0 saturated carbocycles. The molecule has 0 unspecified atom stereocenters. The van der Waals surface area contributed by atoms with E-state index in [4.69, 9.17) is 11.6 Å². The molecular formula is C12H12ClN3O2. The number of aromatic nitrogens is 2. The Bertz CT molecular complexity index is 625. The van der Waals surface area contributed by atoms with Gasteiger partial charge in [-0.2, -0.15) is 9.78 Å². The first kappa shape index (κ1) is 12.6. The summed E-state index contributed by atoms with van der Waals surface area (Å²) in [5.74, 6) is -0.118. The minimum atomic E-state index is -0.408. The van der Waals surface area contributed by atoms with E-state index in [1.165, 1.54) is 4.68 Å². The molecule has 0 aliphatic carbocycles. The van der Waals surface area contributed by atoms with Crippen molar-refractivity contribution < 1.29 is 5.11 Å². The van der Waals surface area contributed by atoms with Crippen molar-refractivity contribution in [3.8, 4) is 11.4 Å². The van der Waals surface area contributed by atoms with Crippen LogP contribution in [0, 0.1) is 0 Å². The van der Waals surface area contributed by atoms with Gasteiger partial charge in [0.25, 0.3) is 5.56 Å². The van der Waals surface area contributed by atoms with Crippen LogP contribution in [0.15, 0.2) is 35.1 Å². The van der Waals surface area contributed by atoms with Crippen molar-refractivity contribution in [2.45, 2.75) is 6.54 Å². The molecule has 5 nitrogen and oxygen atoms in total. The minimum absolute atomic E-state index is 0.118. The number of benzene rings is 1. The van der Waals surface area contributed by atoms with E-state index < -0.39 is 5.56 Å². The summed E-state index contributed by atoms with van der Waals surface area (Å²) in [7, 11) is 1.73. The molecule has 1 heterocycles. The van der Waals surface area contributed by atoms with Gasteiger partial charge >= 0.3 is 0 Å². The Morgan fingerprint density at radius 3 is 2.89 bits per heavy atom. The molecule has 2 N–H and O–H groups in total. The summed E-state index contributed by atoms with van der Waals surface area (Å²) >= 11 is 5.87. The maximum atomic E-state index is 11.8. The van der Waals surface area contributed by atoms with Crippen molar-refractivity contribution in [3.05, 3.63) is 51.4 Å². The lowest BCUT2D eigenvalue weighted by Crippen LogP contribution is -2.23. The predicted molar refractivity (Wildman–Crippen MR) is 69.3 cm³/mol. The Kier molecular flexibility index (Phi) is 3.64. The Balaban J connectivity index is 2.57. The Labute approximate surface area is 109 Å². The highest BCUT2D eigenvalue weighted by atomic mass is 35.5. The van der Waals surface area contributed by atoms with Crippen LogP contribution in [0.3, 0.4) is 0 Å². The number of nitrogens with one attached hydrogen (secondary N) is 1. The van der Waals surface area contributed by atoms with Crippen LogP contribution >= 0.6 is 11.6 Å². The SMILES string of the molecule is CNCc1nn(-c2cccc(Cl)c2)c(=O)cc1O. The number of aromatic hydroxyl groups is 1. The molecular weight excluding hydrogens is 254 g/mol. The molecule has 0 aliphatic rings. The van der Waals surface area contributed by atoms with Crippen molar-refractivity contribution in [2.24, 2.45) is 0 Å². The molecule has 94 valence electrons. The van der Waals surface area contributed by atoms with E-state index >= 15 is 0 Å². The zero-order chi connectivity index (χ0) is 13.1. The van der Waals surface area contributed by atoms with E-state index in [1.54, 1.807) is 31.3 Å². The van der Waals surface area contributed by atoms with Crippen LogP contribution in [-0.4, -0.2) is 21.9 Å². The first-order valence-corrected chi connectivity index (χ1v) is 5.72. The summed E-state index contributed by atoms with van der Waals surface area (Å²) < 4.78 is 1.21. The third-order valence-corrected chi connectivity index (χ3v) is 2.62. The molecule has 1 aromatic carbocycles. The normalized spacial score (nSPS) is 10.6. The monoisotopic (exact) mass is 265 g/mol. The fourth-order valence-electron chi connectivity index (χ4n) is 1.57. The lowest BCUT2D eigenvalue weighted by Gasteiger charge is -2.08. The second-order valence-electron chi connectivity index (χ2n) is 3.74. The molecule has 0 radical (unpaired) electrons. The van der Waals surface area contributed by atoms with Gasteiger partial charge in [0.15, 0.2) is 0 Å². The zero-order valence-electron chi connectivity index (χ0n) is 9.72. The van der Waals surface area contributed by atoms with Gasteiger partial charge in [-0.3, -0.25) is 4.79 Å². The first-order valence-electron chi connectivity index (χ1n) is 5.34. The molecule has 2 aromatic rings. The van der Waals surface area contributed by atoms with Crippen LogP contribution in [0.4, 0.5) is 0 Å². The highest BCUT2D eigenvalue weighted by molar-refractivity contribution is 6.30. The number of halogens is 1. The second-order valence-corrected chi connectivity index (χ2v) is 4.17. The topological polar surface area (TPSA) is 67.2 Å². The van der Waals surface area contributed by atoms with Gasteiger partial charge in [-0.25, -0.2) is 0 Å². The van der Waals surface area contributed by atoms with Gasteiger partial charge in [0.1, 0.15) is 11.4 Å². The number of rotatable bonds is 3. The molecule has 0 fully saturated rings. The number of hydrogen-bond donors (Lipinski definition) is 2. The van der Waals surface area contributed by atoms with Gasteiger partial charge in [0.05, 0.1) is 5.69 Å². The van der Waals surface area contributed by atoms with Gasteiger partial charge in [0, 0.05) is 17.6 Å². The van der Waals surface area contributed by atoms with Crippen molar-refractivity contribution in [1.29, 1.82) is 0 Å². The third-order valence-electron chi connectivity index (χ3n) is 2.38. The highest BCUT2D eigenvalue weighted by Crippen LogP contribution is 2.15. The van der Waals surface area contributed by atoms with Gasteiger partial charge < -0.3 is 10.4 Å². The summed E-state index contributed by atoms with van der Waals surface area (Å²) in [6.07, 6.45) is 0. The van der Waals surface area contributed by atoms with Crippen LogP contribution in [0.1, 0.15) is 5.69 Å².